The van der Waals surface area contributed by atoms with Crippen LogP contribution in [0, 0.1) is 5.92 Å². The van der Waals surface area contributed by atoms with Gasteiger partial charge in [-0.2, -0.15) is 13.2 Å². The van der Waals surface area contributed by atoms with E-state index in [4.69, 9.17) is 0 Å². The Hall–Kier alpha value is -1.36. The lowest BCUT2D eigenvalue weighted by Gasteiger charge is -2.16. The molecule has 1 atom stereocenters. The van der Waals surface area contributed by atoms with E-state index in [2.05, 4.69) is 0 Å². The fraction of sp³-hybridized carbons (Fsp3) is 0.462. The van der Waals surface area contributed by atoms with Crippen LogP contribution in [-0.4, -0.2) is 31.3 Å². The molecule has 0 bridgehead atoms. The van der Waals surface area contributed by atoms with Gasteiger partial charge in [0.05, 0.1) is 5.56 Å². The van der Waals surface area contributed by atoms with Crippen LogP contribution in [-0.2, 0) is 6.18 Å². The Labute approximate surface area is 104 Å². The Morgan fingerprint density at radius 2 is 1.94 bits per heavy atom. The maximum Gasteiger partial charge on any atom is 0.416 e. The maximum absolute atomic E-state index is 12.5. The van der Waals surface area contributed by atoms with Gasteiger partial charge in [0.1, 0.15) is 0 Å². The number of alkyl halides is 3. The quantitative estimate of drug-likeness (QED) is 0.774. The number of hydrogen-bond acceptors (Lipinski definition) is 2. The van der Waals surface area contributed by atoms with Crippen molar-refractivity contribution in [2.75, 3.05) is 20.6 Å². The number of carbonyl (C=O) groups is 1. The van der Waals surface area contributed by atoms with Crippen LogP contribution in [0.4, 0.5) is 13.2 Å². The average molecular weight is 259 g/mol. The molecule has 1 aromatic carbocycles. The average Bonchev–Trinajstić information content (AvgIpc) is 2.26. The third-order valence-corrected chi connectivity index (χ3v) is 2.56. The fourth-order valence-corrected chi connectivity index (χ4v) is 1.76. The first-order valence-corrected chi connectivity index (χ1v) is 5.58. The molecule has 5 heteroatoms. The molecule has 2 nitrogen and oxygen atoms in total. The van der Waals surface area contributed by atoms with Crippen molar-refractivity contribution in [3.63, 3.8) is 0 Å². The molecule has 100 valence electrons. The van der Waals surface area contributed by atoms with E-state index in [1.54, 1.807) is 6.92 Å². The van der Waals surface area contributed by atoms with Gasteiger partial charge in [-0.1, -0.05) is 19.1 Å². The summed E-state index contributed by atoms with van der Waals surface area (Å²) in [5.74, 6) is -0.599. The fourth-order valence-electron chi connectivity index (χ4n) is 1.76. The van der Waals surface area contributed by atoms with E-state index in [1.807, 2.05) is 19.0 Å². The van der Waals surface area contributed by atoms with Crippen molar-refractivity contribution in [1.29, 1.82) is 0 Å². The second-order valence-electron chi connectivity index (χ2n) is 4.61. The Kier molecular flexibility index (Phi) is 4.51. The highest BCUT2D eigenvalue weighted by atomic mass is 19.4. The minimum Gasteiger partial charge on any atom is -0.309 e. The highest BCUT2D eigenvalue weighted by Gasteiger charge is 2.31. The molecule has 0 amide bonds. The number of benzene rings is 1. The molecule has 0 spiro atoms. The van der Waals surface area contributed by atoms with Crippen LogP contribution in [0.15, 0.2) is 24.3 Å². The van der Waals surface area contributed by atoms with Gasteiger partial charge in [-0.15, -0.1) is 0 Å². The van der Waals surface area contributed by atoms with Crippen LogP contribution in [0.3, 0.4) is 0 Å². The third-order valence-electron chi connectivity index (χ3n) is 2.56. The molecule has 0 aliphatic heterocycles. The van der Waals surface area contributed by atoms with Crippen LogP contribution in [0.1, 0.15) is 22.8 Å². The van der Waals surface area contributed by atoms with Gasteiger partial charge in [0, 0.05) is 18.0 Å². The van der Waals surface area contributed by atoms with Crippen LogP contribution >= 0.6 is 0 Å². The van der Waals surface area contributed by atoms with Crippen LogP contribution in [0.25, 0.3) is 0 Å². The minimum absolute atomic E-state index is 0.110. The zero-order chi connectivity index (χ0) is 13.9. The van der Waals surface area contributed by atoms with Crippen molar-refractivity contribution in [1.82, 2.24) is 4.90 Å². The molecule has 0 saturated heterocycles. The SMILES string of the molecule is CC(CN(C)C)C(=O)c1cccc(C(F)(F)F)c1. The molecule has 0 N–H and O–H groups in total. The largest absolute Gasteiger partial charge is 0.416 e. The molecule has 0 saturated carbocycles. The van der Waals surface area contributed by atoms with E-state index in [1.165, 1.54) is 12.1 Å². The molecule has 0 aliphatic rings. The number of ketones is 1. The molecule has 0 aromatic heterocycles. The van der Waals surface area contributed by atoms with Gasteiger partial charge in [-0.05, 0) is 26.2 Å². The summed E-state index contributed by atoms with van der Waals surface area (Å²) < 4.78 is 37.6. The monoisotopic (exact) mass is 259 g/mol. The van der Waals surface area contributed by atoms with E-state index in [-0.39, 0.29) is 17.3 Å². The number of carbonyl (C=O) groups excluding carboxylic acids is 1. The van der Waals surface area contributed by atoms with Crippen molar-refractivity contribution < 1.29 is 18.0 Å². The second kappa shape index (κ2) is 5.52. The summed E-state index contributed by atoms with van der Waals surface area (Å²) in [6, 6.07) is 4.56. The summed E-state index contributed by atoms with van der Waals surface area (Å²) in [6.45, 7) is 2.22. The Balaban J connectivity index is 2.93. The summed E-state index contributed by atoms with van der Waals surface area (Å²) in [6.07, 6.45) is -4.42. The van der Waals surface area contributed by atoms with Gasteiger partial charge in [-0.25, -0.2) is 0 Å². The molecular formula is C13H16F3NO. The topological polar surface area (TPSA) is 20.3 Å². The number of Topliss-reactive ketones (excluding diaryl/α,β-unsaturated/α-hetero) is 1. The molecule has 0 aliphatic carbocycles. The van der Waals surface area contributed by atoms with Gasteiger partial charge in [0.25, 0.3) is 0 Å². The van der Waals surface area contributed by atoms with Gasteiger partial charge >= 0.3 is 6.18 Å². The van der Waals surface area contributed by atoms with Gasteiger partial charge in [0.2, 0.25) is 0 Å². The summed E-state index contributed by atoms with van der Waals surface area (Å²) in [4.78, 5) is 13.8. The zero-order valence-corrected chi connectivity index (χ0v) is 10.6. The first-order chi connectivity index (χ1) is 8.21. The predicted molar refractivity (Wildman–Crippen MR) is 63.5 cm³/mol. The molecular weight excluding hydrogens is 243 g/mol. The summed E-state index contributed by atoms with van der Waals surface area (Å²) >= 11 is 0. The molecule has 1 unspecified atom stereocenters. The lowest BCUT2D eigenvalue weighted by atomic mass is 9.97. The summed E-state index contributed by atoms with van der Waals surface area (Å²) in [5.41, 5.74) is -0.676. The van der Waals surface area contributed by atoms with Crippen LogP contribution < -0.4 is 0 Å². The summed E-state index contributed by atoms with van der Waals surface area (Å²) in [7, 11) is 3.63. The lowest BCUT2D eigenvalue weighted by molar-refractivity contribution is -0.137. The van der Waals surface area contributed by atoms with Gasteiger partial charge < -0.3 is 4.90 Å². The van der Waals surface area contributed by atoms with Crippen molar-refractivity contribution in [2.24, 2.45) is 5.92 Å². The molecule has 18 heavy (non-hydrogen) atoms. The van der Waals surface area contributed by atoms with Crippen molar-refractivity contribution in [3.8, 4) is 0 Å². The lowest BCUT2D eigenvalue weighted by Crippen LogP contribution is -2.25. The minimum atomic E-state index is -4.42. The third kappa shape index (κ3) is 3.84. The van der Waals surface area contributed by atoms with Crippen molar-refractivity contribution >= 4 is 5.78 Å². The zero-order valence-electron chi connectivity index (χ0n) is 10.6. The van der Waals surface area contributed by atoms with Gasteiger partial charge in [0.15, 0.2) is 5.78 Å². The Bertz CT molecular complexity index is 426. The predicted octanol–water partition coefficient (Wildman–Crippen LogP) is 3.09. The Morgan fingerprint density at radius 3 is 2.44 bits per heavy atom. The van der Waals surface area contributed by atoms with Crippen LogP contribution in [0.5, 0.6) is 0 Å². The van der Waals surface area contributed by atoms with E-state index in [0.717, 1.165) is 12.1 Å². The normalized spacial score (nSPS) is 13.7. The number of hydrogen-bond donors (Lipinski definition) is 0. The Morgan fingerprint density at radius 1 is 1.33 bits per heavy atom. The van der Waals surface area contributed by atoms with E-state index < -0.39 is 11.7 Å². The number of nitrogens with zero attached hydrogens (tertiary/aromatic N) is 1. The van der Waals surface area contributed by atoms with Gasteiger partial charge in [-0.3, -0.25) is 4.79 Å². The molecule has 1 aromatic rings. The number of halogens is 3. The smallest absolute Gasteiger partial charge is 0.309 e. The molecule has 0 radical (unpaired) electrons. The van der Waals surface area contributed by atoms with Crippen LogP contribution in [0.2, 0.25) is 0 Å². The summed E-state index contributed by atoms with van der Waals surface area (Å²) in [5, 5.41) is 0. The standard InChI is InChI=1S/C13H16F3NO/c1-9(8-17(2)3)12(18)10-5-4-6-11(7-10)13(14,15)16/h4-7,9H,8H2,1-3H3. The first-order valence-electron chi connectivity index (χ1n) is 5.58. The van der Waals surface area contributed by atoms with E-state index in [9.17, 15) is 18.0 Å². The second-order valence-corrected chi connectivity index (χ2v) is 4.61. The maximum atomic E-state index is 12.5. The molecule has 0 heterocycles. The van der Waals surface area contributed by atoms with E-state index >= 15 is 0 Å². The first kappa shape index (κ1) is 14.7. The number of rotatable bonds is 4. The van der Waals surface area contributed by atoms with Crippen molar-refractivity contribution in [2.45, 2.75) is 13.1 Å². The van der Waals surface area contributed by atoms with Crippen molar-refractivity contribution in [3.05, 3.63) is 35.4 Å². The highest BCUT2D eigenvalue weighted by molar-refractivity contribution is 5.97. The highest BCUT2D eigenvalue weighted by Crippen LogP contribution is 2.29. The molecule has 0 fully saturated rings. The van der Waals surface area contributed by atoms with E-state index in [0.29, 0.717) is 6.54 Å². The molecule has 1 rings (SSSR count).